The minimum Gasteiger partial charge on any atom is -0.256 e. The molecule has 1 aliphatic carbocycles. The van der Waals surface area contributed by atoms with Gasteiger partial charge in [-0.2, -0.15) is 0 Å². The van der Waals surface area contributed by atoms with Crippen molar-refractivity contribution in [1.29, 1.82) is 0 Å². The van der Waals surface area contributed by atoms with E-state index in [1.165, 1.54) is 36.8 Å². The van der Waals surface area contributed by atoms with E-state index in [1.54, 1.807) is 12.1 Å². The molecule has 0 N–H and O–H groups in total. The number of hydrogen-bond acceptors (Lipinski definition) is 1. The maximum Gasteiger partial charge on any atom is 0.123 e. The van der Waals surface area contributed by atoms with E-state index >= 15 is 0 Å². The van der Waals surface area contributed by atoms with Gasteiger partial charge in [0.15, 0.2) is 0 Å². The Kier molecular flexibility index (Phi) is 2.79. The van der Waals surface area contributed by atoms with Gasteiger partial charge in [-0.15, -0.1) is 0 Å². The first kappa shape index (κ1) is 10.7. The monoisotopic (exact) mass is 228 g/mol. The zero-order chi connectivity index (χ0) is 11.7. The average Bonchev–Trinajstić information content (AvgIpc) is 2.39. The van der Waals surface area contributed by atoms with Crippen LogP contribution in [0.5, 0.6) is 0 Å². The lowest BCUT2D eigenvalue weighted by atomic mass is 9.83. The first-order valence-corrected chi connectivity index (χ1v) is 6.24. The van der Waals surface area contributed by atoms with Crippen LogP contribution >= 0.6 is 0 Å². The molecule has 87 valence electrons. The van der Waals surface area contributed by atoms with Crippen molar-refractivity contribution in [1.82, 2.24) is 4.98 Å². The molecular weight excluding hydrogens is 213 g/mol. The summed E-state index contributed by atoms with van der Waals surface area (Å²) in [5.41, 5.74) is 2.09. The summed E-state index contributed by atoms with van der Waals surface area (Å²) in [6.45, 7) is 0. The smallest absolute Gasteiger partial charge is 0.123 e. The molecule has 1 fully saturated rings. The van der Waals surface area contributed by atoms with Crippen molar-refractivity contribution in [2.75, 3.05) is 0 Å². The molecule has 0 bridgehead atoms. The van der Waals surface area contributed by atoms with E-state index in [1.807, 2.05) is 12.3 Å². The summed E-state index contributed by atoms with van der Waals surface area (Å²) in [5, 5.41) is 0.962. The lowest BCUT2D eigenvalue weighted by Gasteiger charge is -2.22. The molecule has 0 spiro atoms. The molecule has 1 nitrogen and oxygen atoms in total. The van der Waals surface area contributed by atoms with Crippen LogP contribution in [0.1, 0.15) is 37.7 Å². The number of halogens is 1. The molecule has 0 amide bonds. The van der Waals surface area contributed by atoms with Gasteiger partial charge in [0, 0.05) is 17.5 Å². The first-order valence-electron chi connectivity index (χ1n) is 6.24. The fraction of sp³-hybridized carbons (Fsp3) is 0.333. The fourth-order valence-electron chi connectivity index (χ4n) is 2.67. The van der Waals surface area contributed by atoms with Crippen LogP contribution in [-0.2, 0) is 0 Å². The molecule has 2 aromatic rings. The van der Waals surface area contributed by atoms with Crippen LogP contribution in [0.2, 0.25) is 0 Å². The second kappa shape index (κ2) is 4.44. The zero-order valence-electron chi connectivity index (χ0n) is 9.75. The van der Waals surface area contributed by atoms with Gasteiger partial charge in [-0.25, -0.2) is 4.39 Å². The van der Waals surface area contributed by atoms with E-state index in [4.69, 9.17) is 0 Å². The minimum atomic E-state index is -0.178. The summed E-state index contributed by atoms with van der Waals surface area (Å²) in [7, 11) is 0. The highest BCUT2D eigenvalue weighted by atomic mass is 19.1. The van der Waals surface area contributed by atoms with Crippen LogP contribution in [0.15, 0.2) is 30.5 Å². The average molecular weight is 228 g/mol. The number of nitrogens with zero attached hydrogens (tertiary/aromatic N) is 1. The van der Waals surface area contributed by atoms with Crippen molar-refractivity contribution >= 4 is 10.9 Å². The maximum atomic E-state index is 13.3. The van der Waals surface area contributed by atoms with Crippen molar-refractivity contribution in [3.63, 3.8) is 0 Å². The molecule has 1 heterocycles. The second-order valence-corrected chi connectivity index (χ2v) is 4.68. The van der Waals surface area contributed by atoms with Gasteiger partial charge < -0.3 is 0 Å². The predicted molar refractivity (Wildman–Crippen MR) is 67.1 cm³/mol. The molecule has 17 heavy (non-hydrogen) atoms. The Labute approximate surface area is 101 Å². The Morgan fingerprint density at radius 1 is 1.00 bits per heavy atom. The third-order valence-electron chi connectivity index (χ3n) is 3.54. The minimum absolute atomic E-state index is 0.178. The molecule has 0 aliphatic heterocycles. The molecule has 0 atom stereocenters. The first-order chi connectivity index (χ1) is 8.34. The largest absolute Gasteiger partial charge is 0.256 e. The van der Waals surface area contributed by atoms with Gasteiger partial charge in [0.05, 0.1) is 5.52 Å². The third-order valence-corrected chi connectivity index (χ3v) is 3.54. The molecule has 3 rings (SSSR count). The second-order valence-electron chi connectivity index (χ2n) is 4.68. The molecular formula is C15H15FN. The Morgan fingerprint density at radius 2 is 1.82 bits per heavy atom. The maximum absolute atomic E-state index is 13.3. The van der Waals surface area contributed by atoms with E-state index in [9.17, 15) is 4.39 Å². The summed E-state index contributed by atoms with van der Waals surface area (Å²) in [6, 6.07) is 6.88. The highest BCUT2D eigenvalue weighted by Crippen LogP contribution is 2.35. The van der Waals surface area contributed by atoms with Gasteiger partial charge in [0.1, 0.15) is 5.82 Å². The van der Waals surface area contributed by atoms with E-state index in [0.717, 1.165) is 23.7 Å². The van der Waals surface area contributed by atoms with Gasteiger partial charge >= 0.3 is 0 Å². The van der Waals surface area contributed by atoms with Crippen LogP contribution in [0.25, 0.3) is 10.9 Å². The normalized spacial score (nSPS) is 17.5. The number of benzene rings is 1. The Morgan fingerprint density at radius 3 is 2.65 bits per heavy atom. The highest BCUT2D eigenvalue weighted by molar-refractivity contribution is 5.84. The highest BCUT2D eigenvalue weighted by Gasteiger charge is 2.18. The van der Waals surface area contributed by atoms with Gasteiger partial charge in [0.2, 0.25) is 0 Å². The number of aromatic nitrogens is 1. The standard InChI is InChI=1S/C15H15FN/c16-12-6-7-15-14(10-12)13(8-9-17-15)11-4-2-1-3-5-11/h6-10H,1-5H2. The third kappa shape index (κ3) is 2.04. The topological polar surface area (TPSA) is 12.9 Å². The molecule has 1 aromatic carbocycles. The Balaban J connectivity index is 2.11. The number of rotatable bonds is 1. The van der Waals surface area contributed by atoms with E-state index in [2.05, 4.69) is 4.98 Å². The van der Waals surface area contributed by atoms with Crippen molar-refractivity contribution in [3.05, 3.63) is 47.8 Å². The van der Waals surface area contributed by atoms with Gasteiger partial charge in [-0.1, -0.05) is 19.3 Å². The number of hydrogen-bond donors (Lipinski definition) is 0. The quantitative estimate of drug-likeness (QED) is 0.710. The van der Waals surface area contributed by atoms with E-state index < -0.39 is 0 Å². The van der Waals surface area contributed by atoms with Gasteiger partial charge in [0.25, 0.3) is 0 Å². The van der Waals surface area contributed by atoms with Crippen molar-refractivity contribution in [2.45, 2.75) is 32.1 Å². The van der Waals surface area contributed by atoms with Gasteiger partial charge in [-0.3, -0.25) is 4.98 Å². The van der Waals surface area contributed by atoms with Crippen molar-refractivity contribution in [3.8, 4) is 0 Å². The predicted octanol–water partition coefficient (Wildman–Crippen LogP) is 4.26. The van der Waals surface area contributed by atoms with E-state index in [0.29, 0.717) is 0 Å². The summed E-state index contributed by atoms with van der Waals surface area (Å²) in [5.74, 6) is 1.29. The Bertz CT molecular complexity index is 529. The molecule has 1 aliphatic rings. The molecule has 1 saturated carbocycles. The van der Waals surface area contributed by atoms with Crippen molar-refractivity contribution < 1.29 is 4.39 Å². The van der Waals surface area contributed by atoms with Crippen LogP contribution in [0.4, 0.5) is 4.39 Å². The lowest BCUT2D eigenvalue weighted by Crippen LogP contribution is -2.06. The number of fused-ring (bicyclic) bond motifs is 1. The Hall–Kier alpha value is -1.44. The molecule has 0 saturated heterocycles. The summed E-state index contributed by atoms with van der Waals surface area (Å²) in [6.07, 6.45) is 7.96. The van der Waals surface area contributed by atoms with Crippen LogP contribution < -0.4 is 0 Å². The summed E-state index contributed by atoms with van der Waals surface area (Å²) < 4.78 is 13.3. The van der Waals surface area contributed by atoms with Crippen LogP contribution in [0, 0.1) is 11.7 Å². The van der Waals surface area contributed by atoms with Gasteiger partial charge in [-0.05, 0) is 42.7 Å². The fourth-order valence-corrected chi connectivity index (χ4v) is 2.67. The van der Waals surface area contributed by atoms with Crippen LogP contribution in [0.3, 0.4) is 0 Å². The summed E-state index contributed by atoms with van der Waals surface area (Å²) >= 11 is 0. The van der Waals surface area contributed by atoms with E-state index in [-0.39, 0.29) is 5.82 Å². The van der Waals surface area contributed by atoms with Crippen LogP contribution in [-0.4, -0.2) is 4.98 Å². The lowest BCUT2D eigenvalue weighted by molar-refractivity contribution is 0.552. The number of pyridine rings is 1. The SMILES string of the molecule is Fc1ccc2nccc([C]3CCCCC3)c2c1. The van der Waals surface area contributed by atoms with Crippen molar-refractivity contribution in [2.24, 2.45) is 0 Å². The molecule has 1 aromatic heterocycles. The molecule has 0 unspecified atom stereocenters. The zero-order valence-corrected chi connectivity index (χ0v) is 9.75. The molecule has 1 radical (unpaired) electrons. The summed E-state index contributed by atoms with van der Waals surface area (Å²) in [4.78, 5) is 4.30. The molecule has 2 heteroatoms.